The second kappa shape index (κ2) is 13.2. The number of hydrogen-bond donors (Lipinski definition) is 2. The van der Waals surface area contributed by atoms with Crippen LogP contribution in [-0.2, 0) is 14.3 Å². The molecular formula is C26H43N3O4. The van der Waals surface area contributed by atoms with E-state index in [2.05, 4.69) is 17.6 Å². The first kappa shape index (κ1) is 28.5. The van der Waals surface area contributed by atoms with Crippen molar-refractivity contribution in [3.63, 3.8) is 0 Å². The summed E-state index contributed by atoms with van der Waals surface area (Å²) in [6, 6.07) is 4.96. The van der Waals surface area contributed by atoms with Crippen LogP contribution in [0, 0.1) is 13.8 Å². The molecule has 2 N–H and O–H groups in total. The molecule has 0 spiro atoms. The summed E-state index contributed by atoms with van der Waals surface area (Å²) in [5.74, 6) is -0.540. The van der Waals surface area contributed by atoms with Crippen molar-refractivity contribution >= 4 is 17.9 Å². The van der Waals surface area contributed by atoms with E-state index < -0.39 is 17.7 Å². The number of amides is 3. The maximum Gasteiger partial charge on any atom is 0.408 e. The molecule has 1 rings (SSSR count). The number of hydrogen-bond acceptors (Lipinski definition) is 4. The third-order valence-electron chi connectivity index (χ3n) is 5.29. The Morgan fingerprint density at radius 1 is 1.06 bits per heavy atom. The molecule has 0 saturated carbocycles. The number of carbonyl (C=O) groups excluding carboxylic acids is 3. The zero-order valence-electron chi connectivity index (χ0n) is 21.7. The highest BCUT2D eigenvalue weighted by atomic mass is 16.6. The van der Waals surface area contributed by atoms with Gasteiger partial charge in [0.05, 0.1) is 0 Å². The van der Waals surface area contributed by atoms with E-state index in [1.165, 1.54) is 0 Å². The summed E-state index contributed by atoms with van der Waals surface area (Å²) in [6.07, 6.45) is 3.22. The fourth-order valence-corrected chi connectivity index (χ4v) is 3.55. The summed E-state index contributed by atoms with van der Waals surface area (Å²) >= 11 is 0. The lowest BCUT2D eigenvalue weighted by Crippen LogP contribution is -2.49. The van der Waals surface area contributed by atoms with Gasteiger partial charge in [-0.05, 0) is 71.6 Å². The lowest BCUT2D eigenvalue weighted by molar-refractivity contribution is -0.140. The van der Waals surface area contributed by atoms with Crippen molar-refractivity contribution in [1.82, 2.24) is 15.5 Å². The van der Waals surface area contributed by atoms with Crippen molar-refractivity contribution in [2.24, 2.45) is 0 Å². The van der Waals surface area contributed by atoms with Crippen LogP contribution in [0.4, 0.5) is 4.79 Å². The van der Waals surface area contributed by atoms with E-state index in [1.807, 2.05) is 45.9 Å². The summed E-state index contributed by atoms with van der Waals surface area (Å²) < 4.78 is 5.26. The molecule has 0 radical (unpaired) electrons. The van der Waals surface area contributed by atoms with Gasteiger partial charge in [-0.3, -0.25) is 9.59 Å². The maximum atomic E-state index is 13.4. The van der Waals surface area contributed by atoms with Crippen LogP contribution in [0.25, 0.3) is 0 Å². The van der Waals surface area contributed by atoms with E-state index in [0.717, 1.165) is 42.4 Å². The number of ether oxygens (including phenoxy) is 1. The number of alkyl carbamates (subject to hydrolysis) is 1. The van der Waals surface area contributed by atoms with Gasteiger partial charge in [-0.25, -0.2) is 4.79 Å². The highest BCUT2D eigenvalue weighted by molar-refractivity contribution is 5.90. The van der Waals surface area contributed by atoms with Crippen LogP contribution in [-0.4, -0.2) is 47.5 Å². The number of nitrogens with one attached hydrogen (secondary N) is 2. The molecular weight excluding hydrogens is 418 g/mol. The molecule has 0 bridgehead atoms. The van der Waals surface area contributed by atoms with Crippen molar-refractivity contribution in [3.8, 4) is 0 Å². The van der Waals surface area contributed by atoms with Gasteiger partial charge in [0.15, 0.2) is 0 Å². The molecule has 1 aromatic carbocycles. The molecule has 186 valence electrons. The molecule has 33 heavy (non-hydrogen) atoms. The Morgan fingerprint density at radius 2 is 1.73 bits per heavy atom. The van der Waals surface area contributed by atoms with Gasteiger partial charge in [-0.15, -0.1) is 0 Å². The maximum absolute atomic E-state index is 13.4. The Balaban J connectivity index is 3.26. The molecule has 0 aliphatic carbocycles. The van der Waals surface area contributed by atoms with Gasteiger partial charge in [0.2, 0.25) is 11.8 Å². The lowest BCUT2D eigenvalue weighted by Gasteiger charge is -2.33. The molecule has 0 aliphatic rings. The van der Waals surface area contributed by atoms with Gasteiger partial charge in [0.1, 0.15) is 18.2 Å². The summed E-state index contributed by atoms with van der Waals surface area (Å²) in [5, 5.41) is 5.53. The van der Waals surface area contributed by atoms with Crippen LogP contribution in [0.2, 0.25) is 0 Å². The number of carbonyl (C=O) groups is 3. The van der Waals surface area contributed by atoms with Crippen LogP contribution < -0.4 is 10.6 Å². The highest BCUT2D eigenvalue weighted by Gasteiger charge is 2.33. The first-order valence-corrected chi connectivity index (χ1v) is 12.0. The molecule has 0 heterocycles. The third-order valence-corrected chi connectivity index (χ3v) is 5.29. The molecule has 7 heteroatoms. The minimum absolute atomic E-state index is 0.0675. The first-order valence-electron chi connectivity index (χ1n) is 12.0. The molecule has 1 atom stereocenters. The number of benzene rings is 1. The first-order chi connectivity index (χ1) is 15.4. The Morgan fingerprint density at radius 3 is 2.30 bits per heavy atom. The monoisotopic (exact) mass is 461 g/mol. The van der Waals surface area contributed by atoms with Gasteiger partial charge in [0.25, 0.3) is 0 Å². The average Bonchev–Trinajstić information content (AvgIpc) is 2.69. The van der Waals surface area contributed by atoms with Crippen LogP contribution in [0.15, 0.2) is 18.2 Å². The standard InChI is InChI=1S/C26H43N3O4/c1-9-10-11-12-16-29(22(30)17-27-25(32)33-26(6,7)8)23(24(31)28-18(2)3)21-15-13-14-19(4)20(21)5/h13-15,18,23H,9-12,16-17H2,1-8H3,(H,27,32)(H,28,31). The molecule has 0 saturated heterocycles. The number of unbranched alkanes of at least 4 members (excludes halogenated alkanes) is 3. The zero-order chi connectivity index (χ0) is 25.2. The van der Waals surface area contributed by atoms with E-state index >= 15 is 0 Å². The number of nitrogens with zero attached hydrogens (tertiary/aromatic N) is 1. The van der Waals surface area contributed by atoms with Crippen LogP contribution in [0.5, 0.6) is 0 Å². The Hall–Kier alpha value is -2.57. The molecule has 1 unspecified atom stereocenters. The van der Waals surface area contributed by atoms with Gasteiger partial charge in [-0.2, -0.15) is 0 Å². The van der Waals surface area contributed by atoms with Gasteiger partial charge in [-0.1, -0.05) is 44.4 Å². The Kier molecular flexibility index (Phi) is 11.4. The van der Waals surface area contributed by atoms with E-state index in [-0.39, 0.29) is 24.4 Å². The normalized spacial score (nSPS) is 12.3. The predicted molar refractivity (Wildman–Crippen MR) is 132 cm³/mol. The minimum Gasteiger partial charge on any atom is -0.444 e. The molecule has 0 aromatic heterocycles. The summed E-state index contributed by atoms with van der Waals surface area (Å²) in [7, 11) is 0. The van der Waals surface area contributed by atoms with Gasteiger partial charge < -0.3 is 20.3 Å². The van der Waals surface area contributed by atoms with Gasteiger partial charge in [0, 0.05) is 12.6 Å². The molecule has 3 amide bonds. The molecule has 0 aliphatic heterocycles. The second-order valence-corrected chi connectivity index (χ2v) is 9.86. The lowest BCUT2D eigenvalue weighted by atomic mass is 9.95. The summed E-state index contributed by atoms with van der Waals surface area (Å²) in [4.78, 5) is 40.4. The average molecular weight is 462 g/mol. The van der Waals surface area contributed by atoms with Crippen molar-refractivity contribution in [2.45, 2.75) is 98.8 Å². The SMILES string of the molecule is CCCCCCN(C(=O)CNC(=O)OC(C)(C)C)C(C(=O)NC(C)C)c1cccc(C)c1C. The van der Waals surface area contributed by atoms with Crippen LogP contribution >= 0.6 is 0 Å². The van der Waals surface area contributed by atoms with E-state index in [1.54, 1.807) is 25.7 Å². The topological polar surface area (TPSA) is 87.7 Å². The summed E-state index contributed by atoms with van der Waals surface area (Å²) in [5.41, 5.74) is 2.17. The summed E-state index contributed by atoms with van der Waals surface area (Å²) in [6.45, 7) is 15.4. The van der Waals surface area contributed by atoms with Crippen molar-refractivity contribution in [2.75, 3.05) is 13.1 Å². The highest BCUT2D eigenvalue weighted by Crippen LogP contribution is 2.27. The van der Waals surface area contributed by atoms with E-state index in [0.29, 0.717) is 6.54 Å². The van der Waals surface area contributed by atoms with Crippen LogP contribution in [0.1, 0.15) is 90.0 Å². The molecule has 0 fully saturated rings. The number of rotatable bonds is 11. The van der Waals surface area contributed by atoms with Crippen molar-refractivity contribution in [3.05, 3.63) is 34.9 Å². The second-order valence-electron chi connectivity index (χ2n) is 9.86. The third kappa shape index (κ3) is 9.84. The Labute approximate surface area is 199 Å². The van der Waals surface area contributed by atoms with Crippen molar-refractivity contribution in [1.29, 1.82) is 0 Å². The van der Waals surface area contributed by atoms with E-state index in [9.17, 15) is 14.4 Å². The number of aryl methyl sites for hydroxylation is 1. The van der Waals surface area contributed by atoms with Crippen molar-refractivity contribution < 1.29 is 19.1 Å². The van der Waals surface area contributed by atoms with E-state index in [4.69, 9.17) is 4.74 Å². The largest absolute Gasteiger partial charge is 0.444 e. The Bertz CT molecular complexity index is 799. The molecule has 1 aromatic rings. The molecule has 7 nitrogen and oxygen atoms in total. The van der Waals surface area contributed by atoms with Gasteiger partial charge >= 0.3 is 6.09 Å². The predicted octanol–water partition coefficient (Wildman–Crippen LogP) is 4.80. The zero-order valence-corrected chi connectivity index (χ0v) is 21.7. The fourth-order valence-electron chi connectivity index (χ4n) is 3.55. The van der Waals surface area contributed by atoms with Crippen LogP contribution in [0.3, 0.4) is 0 Å². The smallest absolute Gasteiger partial charge is 0.408 e. The fraction of sp³-hybridized carbons (Fsp3) is 0.654. The minimum atomic E-state index is -0.776. The quantitative estimate of drug-likeness (QED) is 0.463.